The lowest BCUT2D eigenvalue weighted by molar-refractivity contribution is -0.130. The van der Waals surface area contributed by atoms with Crippen LogP contribution >= 0.6 is 0 Å². The molecule has 1 aliphatic rings. The molecule has 180 valence electrons. The van der Waals surface area contributed by atoms with Crippen LogP contribution in [0.15, 0.2) is 60.8 Å². The summed E-state index contributed by atoms with van der Waals surface area (Å²) in [6.45, 7) is 8.92. The van der Waals surface area contributed by atoms with Crippen molar-refractivity contribution in [1.29, 1.82) is 0 Å². The number of aromatic amines is 1. The second-order valence-electron chi connectivity index (χ2n) is 9.23. The number of carbonyl (C=O) groups is 2. The minimum absolute atomic E-state index is 0.114. The molecule has 0 saturated carbocycles. The first-order valence-electron chi connectivity index (χ1n) is 12.2. The first-order valence-corrected chi connectivity index (χ1v) is 12.2. The third-order valence-electron chi connectivity index (χ3n) is 6.48. The van der Waals surface area contributed by atoms with Crippen molar-refractivity contribution in [3.8, 4) is 0 Å². The molecule has 0 spiro atoms. The summed E-state index contributed by atoms with van der Waals surface area (Å²) in [6, 6.07) is 17.9. The van der Waals surface area contributed by atoms with E-state index in [9.17, 15) is 9.59 Å². The molecule has 4 rings (SSSR count). The highest BCUT2D eigenvalue weighted by Gasteiger charge is 2.24. The first kappa shape index (κ1) is 23.8. The Labute approximate surface area is 201 Å². The molecular weight excluding hydrogens is 426 g/mol. The van der Waals surface area contributed by atoms with Crippen LogP contribution < -0.4 is 15.5 Å². The van der Waals surface area contributed by atoms with Gasteiger partial charge in [0.25, 0.3) is 0 Å². The van der Waals surface area contributed by atoms with Gasteiger partial charge in [0.1, 0.15) is 6.04 Å². The van der Waals surface area contributed by atoms with Gasteiger partial charge in [0.05, 0.1) is 0 Å². The van der Waals surface area contributed by atoms with Crippen LogP contribution in [0.2, 0.25) is 0 Å². The highest BCUT2D eigenvalue weighted by atomic mass is 16.2. The topological polar surface area (TPSA) is 80.5 Å². The Morgan fingerprint density at radius 2 is 1.65 bits per heavy atom. The maximum Gasteiger partial charge on any atom is 0.242 e. The zero-order chi connectivity index (χ0) is 23.9. The van der Waals surface area contributed by atoms with Crippen molar-refractivity contribution in [1.82, 2.24) is 20.5 Å². The molecule has 0 radical (unpaired) electrons. The number of amides is 2. The van der Waals surface area contributed by atoms with E-state index < -0.39 is 6.04 Å². The summed E-state index contributed by atoms with van der Waals surface area (Å²) in [5.74, 6) is -0.432. The third kappa shape index (κ3) is 5.97. The molecule has 1 atom stereocenters. The van der Waals surface area contributed by atoms with Crippen molar-refractivity contribution < 1.29 is 9.59 Å². The van der Waals surface area contributed by atoms with Gasteiger partial charge in [-0.2, -0.15) is 0 Å². The number of carbonyl (C=O) groups excluding carboxylic acids is 2. The number of H-pyrrole nitrogens is 1. The van der Waals surface area contributed by atoms with Crippen LogP contribution in [-0.4, -0.2) is 67.0 Å². The standard InChI is InChI=1S/C27H35N5O2/c1-20(2)26(33)30-25(18-21-19-29-24-11-7-6-10-23(21)24)27(34)28-12-13-31-14-16-32(17-15-31)22-8-4-3-5-9-22/h3-11,19-20,25,29H,12-18H2,1-2H3,(H,28,34)(H,30,33). The normalized spacial score (nSPS) is 15.4. The minimum atomic E-state index is -0.607. The predicted octanol–water partition coefficient (Wildman–Crippen LogP) is 2.79. The number of para-hydroxylation sites is 2. The molecule has 1 aliphatic heterocycles. The Kier molecular flexibility index (Phi) is 7.85. The fraction of sp³-hybridized carbons (Fsp3) is 0.407. The summed E-state index contributed by atoms with van der Waals surface area (Å²) in [7, 11) is 0. The van der Waals surface area contributed by atoms with Crippen LogP contribution in [0, 0.1) is 5.92 Å². The summed E-state index contributed by atoms with van der Waals surface area (Å²) < 4.78 is 0. The second-order valence-corrected chi connectivity index (χ2v) is 9.23. The molecule has 1 aromatic heterocycles. The number of hydrogen-bond donors (Lipinski definition) is 3. The van der Waals surface area contributed by atoms with Crippen molar-refractivity contribution in [3.63, 3.8) is 0 Å². The van der Waals surface area contributed by atoms with Crippen molar-refractivity contribution in [3.05, 3.63) is 66.4 Å². The van der Waals surface area contributed by atoms with Gasteiger partial charge in [-0.15, -0.1) is 0 Å². The van der Waals surface area contributed by atoms with Crippen LogP contribution in [0.5, 0.6) is 0 Å². The number of nitrogens with zero attached hydrogens (tertiary/aromatic N) is 2. The van der Waals surface area contributed by atoms with E-state index in [1.807, 2.05) is 50.4 Å². The Morgan fingerprint density at radius 3 is 2.38 bits per heavy atom. The van der Waals surface area contributed by atoms with Crippen molar-refractivity contribution in [2.75, 3.05) is 44.2 Å². The van der Waals surface area contributed by atoms with Crippen molar-refractivity contribution in [2.24, 2.45) is 5.92 Å². The maximum absolute atomic E-state index is 13.1. The molecule has 2 heterocycles. The van der Waals surface area contributed by atoms with E-state index in [-0.39, 0.29) is 17.7 Å². The number of aromatic nitrogens is 1. The number of fused-ring (bicyclic) bond motifs is 1. The average molecular weight is 462 g/mol. The molecule has 1 fully saturated rings. The fourth-order valence-corrected chi connectivity index (χ4v) is 4.40. The minimum Gasteiger partial charge on any atom is -0.369 e. The largest absolute Gasteiger partial charge is 0.369 e. The molecule has 7 nitrogen and oxygen atoms in total. The van der Waals surface area contributed by atoms with Crippen LogP contribution in [0.25, 0.3) is 10.9 Å². The molecular formula is C27H35N5O2. The molecule has 0 bridgehead atoms. The van der Waals surface area contributed by atoms with Gasteiger partial charge in [-0.05, 0) is 23.8 Å². The van der Waals surface area contributed by atoms with Crippen molar-refractivity contribution in [2.45, 2.75) is 26.3 Å². The van der Waals surface area contributed by atoms with E-state index in [1.165, 1.54) is 5.69 Å². The average Bonchev–Trinajstić information content (AvgIpc) is 3.27. The molecule has 3 aromatic rings. The van der Waals surface area contributed by atoms with Crippen LogP contribution in [0.3, 0.4) is 0 Å². The molecule has 3 N–H and O–H groups in total. The molecule has 2 aromatic carbocycles. The van der Waals surface area contributed by atoms with Gasteiger partial charge < -0.3 is 20.5 Å². The fourth-order valence-electron chi connectivity index (χ4n) is 4.40. The lowest BCUT2D eigenvalue weighted by Gasteiger charge is -2.36. The molecule has 0 aliphatic carbocycles. The highest BCUT2D eigenvalue weighted by Crippen LogP contribution is 2.19. The lowest BCUT2D eigenvalue weighted by atomic mass is 10.0. The third-order valence-corrected chi connectivity index (χ3v) is 6.48. The van der Waals surface area contributed by atoms with E-state index in [2.05, 4.69) is 49.7 Å². The second kappa shape index (κ2) is 11.2. The van der Waals surface area contributed by atoms with Gasteiger partial charge in [-0.25, -0.2) is 0 Å². The van der Waals surface area contributed by atoms with E-state index >= 15 is 0 Å². The van der Waals surface area contributed by atoms with Gasteiger partial charge in [-0.1, -0.05) is 50.2 Å². The number of rotatable bonds is 9. The summed E-state index contributed by atoms with van der Waals surface area (Å²) >= 11 is 0. The van der Waals surface area contributed by atoms with Crippen LogP contribution in [-0.2, 0) is 16.0 Å². The van der Waals surface area contributed by atoms with Gasteiger partial charge in [-0.3, -0.25) is 14.5 Å². The zero-order valence-corrected chi connectivity index (χ0v) is 20.1. The summed E-state index contributed by atoms with van der Waals surface area (Å²) in [6.07, 6.45) is 2.38. The maximum atomic E-state index is 13.1. The van der Waals surface area contributed by atoms with E-state index in [0.717, 1.165) is 49.2 Å². The molecule has 1 unspecified atom stereocenters. The summed E-state index contributed by atoms with van der Waals surface area (Å²) in [5, 5.41) is 7.08. The first-order chi connectivity index (χ1) is 16.5. The van der Waals surface area contributed by atoms with Crippen molar-refractivity contribution >= 4 is 28.4 Å². The van der Waals surface area contributed by atoms with E-state index in [0.29, 0.717) is 13.0 Å². The molecule has 34 heavy (non-hydrogen) atoms. The smallest absolute Gasteiger partial charge is 0.242 e. The molecule has 7 heteroatoms. The van der Waals surface area contributed by atoms with E-state index in [4.69, 9.17) is 0 Å². The van der Waals surface area contributed by atoms with Gasteiger partial charge >= 0.3 is 0 Å². The SMILES string of the molecule is CC(C)C(=O)NC(Cc1c[nH]c2ccccc12)C(=O)NCCN1CCN(c2ccccc2)CC1. The monoisotopic (exact) mass is 461 g/mol. The van der Waals surface area contributed by atoms with Gasteiger partial charge in [0, 0.05) is 74.4 Å². The summed E-state index contributed by atoms with van der Waals surface area (Å²) in [4.78, 5) is 33.5. The Hall–Kier alpha value is -3.32. The Bertz CT molecular complexity index is 1090. The number of anilines is 1. The van der Waals surface area contributed by atoms with Gasteiger partial charge in [0.2, 0.25) is 11.8 Å². The highest BCUT2D eigenvalue weighted by molar-refractivity contribution is 5.90. The summed E-state index contributed by atoms with van der Waals surface area (Å²) in [5.41, 5.74) is 3.31. The number of benzene rings is 2. The number of hydrogen-bond acceptors (Lipinski definition) is 4. The lowest BCUT2D eigenvalue weighted by Crippen LogP contribution is -2.52. The van der Waals surface area contributed by atoms with Crippen LogP contribution in [0.1, 0.15) is 19.4 Å². The molecule has 1 saturated heterocycles. The number of piperazine rings is 1. The Balaban J connectivity index is 1.30. The van der Waals surface area contributed by atoms with Gasteiger partial charge in [0.15, 0.2) is 0 Å². The molecule has 2 amide bonds. The predicted molar refractivity (Wildman–Crippen MR) is 137 cm³/mol. The number of nitrogens with one attached hydrogen (secondary N) is 3. The zero-order valence-electron chi connectivity index (χ0n) is 20.1. The van der Waals surface area contributed by atoms with E-state index in [1.54, 1.807) is 0 Å². The quantitative estimate of drug-likeness (QED) is 0.458. The van der Waals surface area contributed by atoms with Crippen LogP contribution in [0.4, 0.5) is 5.69 Å². The Morgan fingerprint density at radius 1 is 0.941 bits per heavy atom.